The summed E-state index contributed by atoms with van der Waals surface area (Å²) in [6, 6.07) is 0. The molecular formula is C12H20N4O2S. The first kappa shape index (κ1) is 14.0. The van der Waals surface area contributed by atoms with Crippen LogP contribution in [0.1, 0.15) is 16.6 Å². The number of hydrogen-bond acceptors (Lipinski definition) is 6. The highest BCUT2D eigenvalue weighted by molar-refractivity contribution is 7.19. The molecule has 0 aromatic carbocycles. The standard InChI is InChI=1S/C12H20N4O2S/c1-3-15-4-6-16(7-5-15)12-9(18-2)8(13)10(19-12)11(14)17/h3-7,13H2,1-2H3,(H2,14,17). The van der Waals surface area contributed by atoms with Crippen molar-refractivity contribution in [3.8, 4) is 5.75 Å². The first-order valence-electron chi connectivity index (χ1n) is 6.31. The first-order valence-corrected chi connectivity index (χ1v) is 7.13. The van der Waals surface area contributed by atoms with Gasteiger partial charge in [0.25, 0.3) is 5.91 Å². The third-order valence-corrected chi connectivity index (χ3v) is 4.68. The van der Waals surface area contributed by atoms with Crippen LogP contribution in [0.2, 0.25) is 0 Å². The molecule has 0 spiro atoms. The third-order valence-electron chi connectivity index (χ3n) is 3.42. The van der Waals surface area contributed by atoms with Crippen LogP contribution < -0.4 is 21.1 Å². The molecule has 0 atom stereocenters. The second kappa shape index (κ2) is 5.66. The van der Waals surface area contributed by atoms with E-state index in [1.54, 1.807) is 7.11 Å². The summed E-state index contributed by atoms with van der Waals surface area (Å²) in [5.74, 6) is 0.0722. The maximum atomic E-state index is 11.4. The van der Waals surface area contributed by atoms with Gasteiger partial charge in [-0.3, -0.25) is 4.79 Å². The number of likely N-dealkylation sites (N-methyl/N-ethyl adjacent to an activating group) is 1. The average molecular weight is 284 g/mol. The number of nitrogens with two attached hydrogens (primary N) is 2. The van der Waals surface area contributed by atoms with Crippen LogP contribution in [-0.4, -0.2) is 50.6 Å². The molecule has 0 unspecified atom stereocenters. The Hall–Kier alpha value is -1.47. The molecule has 0 radical (unpaired) electrons. The lowest BCUT2D eigenvalue weighted by Crippen LogP contribution is -2.46. The zero-order valence-electron chi connectivity index (χ0n) is 11.3. The van der Waals surface area contributed by atoms with Gasteiger partial charge in [0.05, 0.1) is 7.11 Å². The van der Waals surface area contributed by atoms with Gasteiger partial charge in [0.15, 0.2) is 5.75 Å². The monoisotopic (exact) mass is 284 g/mol. The SMILES string of the molecule is CCN1CCN(c2sc(C(N)=O)c(N)c2OC)CC1. The van der Waals surface area contributed by atoms with Crippen molar-refractivity contribution in [3.63, 3.8) is 0 Å². The highest BCUT2D eigenvalue weighted by Crippen LogP contribution is 2.44. The van der Waals surface area contributed by atoms with E-state index in [4.69, 9.17) is 16.2 Å². The van der Waals surface area contributed by atoms with Crippen molar-refractivity contribution < 1.29 is 9.53 Å². The molecule has 0 bridgehead atoms. The molecule has 106 valence electrons. The van der Waals surface area contributed by atoms with E-state index in [0.29, 0.717) is 16.3 Å². The molecule has 1 amide bonds. The van der Waals surface area contributed by atoms with E-state index in [1.165, 1.54) is 11.3 Å². The largest absolute Gasteiger partial charge is 0.492 e. The van der Waals surface area contributed by atoms with Gasteiger partial charge in [0, 0.05) is 26.2 Å². The number of ether oxygens (including phenoxy) is 1. The van der Waals surface area contributed by atoms with E-state index in [2.05, 4.69) is 16.7 Å². The summed E-state index contributed by atoms with van der Waals surface area (Å²) in [4.78, 5) is 16.3. The van der Waals surface area contributed by atoms with Crippen molar-refractivity contribution in [3.05, 3.63) is 4.88 Å². The molecule has 19 heavy (non-hydrogen) atoms. The Kier molecular flexibility index (Phi) is 4.16. The van der Waals surface area contributed by atoms with E-state index in [-0.39, 0.29) is 0 Å². The molecule has 0 saturated carbocycles. The van der Waals surface area contributed by atoms with Crippen molar-refractivity contribution in [2.45, 2.75) is 6.92 Å². The molecule has 2 rings (SSSR count). The molecule has 1 fully saturated rings. The number of hydrogen-bond donors (Lipinski definition) is 2. The molecule has 2 heterocycles. The van der Waals surface area contributed by atoms with Crippen LogP contribution in [-0.2, 0) is 0 Å². The number of piperazine rings is 1. The second-order valence-electron chi connectivity index (χ2n) is 4.47. The predicted molar refractivity (Wildman–Crippen MR) is 78.1 cm³/mol. The lowest BCUT2D eigenvalue weighted by Gasteiger charge is -2.34. The maximum absolute atomic E-state index is 11.4. The van der Waals surface area contributed by atoms with Crippen LogP contribution >= 0.6 is 11.3 Å². The number of rotatable bonds is 4. The van der Waals surface area contributed by atoms with Gasteiger partial charge in [0.1, 0.15) is 15.6 Å². The second-order valence-corrected chi connectivity index (χ2v) is 5.47. The smallest absolute Gasteiger partial charge is 0.261 e. The van der Waals surface area contributed by atoms with E-state index in [9.17, 15) is 4.79 Å². The number of methoxy groups -OCH3 is 1. The van der Waals surface area contributed by atoms with Crippen LogP contribution in [0.4, 0.5) is 10.7 Å². The fraction of sp³-hybridized carbons (Fsp3) is 0.583. The minimum Gasteiger partial charge on any atom is -0.492 e. The Balaban J connectivity index is 2.25. The third kappa shape index (κ3) is 2.62. The first-order chi connectivity index (χ1) is 9.08. The van der Waals surface area contributed by atoms with E-state index in [1.807, 2.05) is 0 Å². The van der Waals surface area contributed by atoms with E-state index >= 15 is 0 Å². The molecule has 7 heteroatoms. The molecule has 4 N–H and O–H groups in total. The molecule has 6 nitrogen and oxygen atoms in total. The molecular weight excluding hydrogens is 264 g/mol. The highest BCUT2D eigenvalue weighted by Gasteiger charge is 2.26. The summed E-state index contributed by atoms with van der Waals surface area (Å²) < 4.78 is 5.34. The fourth-order valence-electron chi connectivity index (χ4n) is 2.27. The van der Waals surface area contributed by atoms with E-state index < -0.39 is 5.91 Å². The van der Waals surface area contributed by atoms with Gasteiger partial charge in [0.2, 0.25) is 0 Å². The number of carbonyl (C=O) groups excluding carboxylic acids is 1. The molecule has 1 aliphatic rings. The number of carbonyl (C=O) groups is 1. The molecule has 1 aromatic heterocycles. The Labute approximate surface area is 116 Å². The van der Waals surface area contributed by atoms with Crippen LogP contribution in [0.25, 0.3) is 0 Å². The predicted octanol–water partition coefficient (Wildman–Crippen LogP) is 0.580. The molecule has 1 aromatic rings. The van der Waals surface area contributed by atoms with Gasteiger partial charge in [-0.25, -0.2) is 0 Å². The fourth-order valence-corrected chi connectivity index (χ4v) is 3.37. The zero-order valence-corrected chi connectivity index (χ0v) is 12.1. The number of thiophene rings is 1. The van der Waals surface area contributed by atoms with Crippen molar-refractivity contribution in [2.75, 3.05) is 50.5 Å². The minimum atomic E-state index is -0.501. The molecule has 1 saturated heterocycles. The zero-order chi connectivity index (χ0) is 14.0. The Morgan fingerprint density at radius 2 is 2.00 bits per heavy atom. The number of amides is 1. The normalized spacial score (nSPS) is 16.6. The average Bonchev–Trinajstić information content (AvgIpc) is 2.76. The summed E-state index contributed by atoms with van der Waals surface area (Å²) >= 11 is 1.32. The van der Waals surface area contributed by atoms with Crippen LogP contribution in [0.15, 0.2) is 0 Å². The summed E-state index contributed by atoms with van der Waals surface area (Å²) in [5, 5.41) is 0.907. The summed E-state index contributed by atoms with van der Waals surface area (Å²) in [7, 11) is 1.56. The van der Waals surface area contributed by atoms with Gasteiger partial charge >= 0.3 is 0 Å². The van der Waals surface area contributed by atoms with Crippen molar-refractivity contribution >= 4 is 27.9 Å². The van der Waals surface area contributed by atoms with Crippen LogP contribution in [0.5, 0.6) is 5.75 Å². The van der Waals surface area contributed by atoms with Gasteiger partial charge in [-0.2, -0.15) is 0 Å². The van der Waals surface area contributed by atoms with Gasteiger partial charge < -0.3 is 26.0 Å². The quantitative estimate of drug-likeness (QED) is 0.845. The van der Waals surface area contributed by atoms with Crippen molar-refractivity contribution in [2.24, 2.45) is 5.73 Å². The number of anilines is 2. The summed E-state index contributed by atoms with van der Waals surface area (Å²) in [6.07, 6.45) is 0. The van der Waals surface area contributed by atoms with Crippen molar-refractivity contribution in [1.82, 2.24) is 4.90 Å². The Bertz CT molecular complexity index is 467. The van der Waals surface area contributed by atoms with Crippen molar-refractivity contribution in [1.29, 1.82) is 0 Å². The molecule has 0 aliphatic carbocycles. The number of nitrogen functional groups attached to an aromatic ring is 1. The van der Waals surface area contributed by atoms with Crippen LogP contribution in [0.3, 0.4) is 0 Å². The summed E-state index contributed by atoms with van der Waals surface area (Å²) in [5.41, 5.74) is 11.6. The lowest BCUT2D eigenvalue weighted by molar-refractivity contribution is 0.100. The highest BCUT2D eigenvalue weighted by atomic mass is 32.1. The van der Waals surface area contributed by atoms with Gasteiger partial charge in [-0.1, -0.05) is 6.92 Å². The topological polar surface area (TPSA) is 84.8 Å². The molecule has 1 aliphatic heterocycles. The Morgan fingerprint density at radius 3 is 2.47 bits per heavy atom. The van der Waals surface area contributed by atoms with Gasteiger partial charge in [-0.05, 0) is 6.54 Å². The van der Waals surface area contributed by atoms with Gasteiger partial charge in [-0.15, -0.1) is 11.3 Å². The van der Waals surface area contributed by atoms with E-state index in [0.717, 1.165) is 37.7 Å². The minimum absolute atomic E-state index is 0.355. The van der Waals surface area contributed by atoms with Crippen LogP contribution in [0, 0.1) is 0 Å². The lowest BCUT2D eigenvalue weighted by atomic mass is 10.3. The summed E-state index contributed by atoms with van der Waals surface area (Å²) in [6.45, 7) is 7.03. The maximum Gasteiger partial charge on any atom is 0.261 e. The number of nitrogens with zero attached hydrogens (tertiary/aromatic N) is 2. The Morgan fingerprint density at radius 1 is 1.37 bits per heavy atom. The number of primary amides is 1.